The monoisotopic (exact) mass is 185 g/mol. The standard InChI is InChI=1S/C8H8FNO3/c9-2-4-13-7-5-10-3-1-6(7)8(11)12/h1,3,5H,2,4H2,(H,11,12). The topological polar surface area (TPSA) is 59.4 Å². The Bertz CT molecular complexity index is 303. The van der Waals surface area contributed by atoms with E-state index in [-0.39, 0.29) is 17.9 Å². The van der Waals surface area contributed by atoms with Crippen LogP contribution in [0.2, 0.25) is 0 Å². The molecule has 13 heavy (non-hydrogen) atoms. The molecule has 0 radical (unpaired) electrons. The highest BCUT2D eigenvalue weighted by molar-refractivity contribution is 5.90. The van der Waals surface area contributed by atoms with Gasteiger partial charge in [-0.1, -0.05) is 0 Å². The first-order valence-electron chi connectivity index (χ1n) is 3.61. The summed E-state index contributed by atoms with van der Waals surface area (Å²) in [6.07, 6.45) is 2.59. The van der Waals surface area contributed by atoms with Gasteiger partial charge < -0.3 is 9.84 Å². The van der Waals surface area contributed by atoms with Crippen LogP contribution >= 0.6 is 0 Å². The molecule has 1 aromatic heterocycles. The molecule has 0 unspecified atom stereocenters. The Hall–Kier alpha value is -1.65. The highest BCUT2D eigenvalue weighted by Crippen LogP contribution is 2.15. The molecule has 0 fully saturated rings. The zero-order chi connectivity index (χ0) is 9.68. The van der Waals surface area contributed by atoms with E-state index in [1.165, 1.54) is 18.5 Å². The van der Waals surface area contributed by atoms with Crippen molar-refractivity contribution in [1.29, 1.82) is 0 Å². The van der Waals surface area contributed by atoms with Crippen LogP contribution in [-0.4, -0.2) is 29.3 Å². The van der Waals surface area contributed by atoms with Crippen molar-refractivity contribution in [3.05, 3.63) is 24.0 Å². The molecule has 70 valence electrons. The molecular formula is C8H8FNO3. The van der Waals surface area contributed by atoms with Crippen LogP contribution in [0.4, 0.5) is 4.39 Å². The van der Waals surface area contributed by atoms with Crippen molar-refractivity contribution >= 4 is 5.97 Å². The molecule has 0 saturated carbocycles. The van der Waals surface area contributed by atoms with E-state index in [1.54, 1.807) is 0 Å². The molecule has 4 nitrogen and oxygen atoms in total. The van der Waals surface area contributed by atoms with Crippen molar-refractivity contribution in [2.45, 2.75) is 0 Å². The van der Waals surface area contributed by atoms with E-state index in [9.17, 15) is 9.18 Å². The van der Waals surface area contributed by atoms with Gasteiger partial charge in [-0.3, -0.25) is 4.98 Å². The maximum atomic E-state index is 11.7. The number of carboxylic acid groups (broad SMARTS) is 1. The highest BCUT2D eigenvalue weighted by atomic mass is 19.1. The number of hydrogen-bond donors (Lipinski definition) is 1. The Morgan fingerprint density at radius 1 is 1.69 bits per heavy atom. The zero-order valence-electron chi connectivity index (χ0n) is 6.74. The van der Waals surface area contributed by atoms with Crippen LogP contribution in [0.15, 0.2) is 18.5 Å². The molecule has 0 aliphatic rings. The molecule has 0 aliphatic heterocycles. The van der Waals surface area contributed by atoms with Gasteiger partial charge in [0.25, 0.3) is 0 Å². The quantitative estimate of drug-likeness (QED) is 0.763. The molecule has 1 aromatic rings. The molecule has 0 aromatic carbocycles. The summed E-state index contributed by atoms with van der Waals surface area (Å²) in [7, 11) is 0. The van der Waals surface area contributed by atoms with E-state index >= 15 is 0 Å². The highest BCUT2D eigenvalue weighted by Gasteiger charge is 2.09. The number of hydrogen-bond acceptors (Lipinski definition) is 3. The average molecular weight is 185 g/mol. The maximum absolute atomic E-state index is 11.7. The lowest BCUT2D eigenvalue weighted by atomic mass is 10.2. The van der Waals surface area contributed by atoms with Crippen molar-refractivity contribution in [2.75, 3.05) is 13.3 Å². The van der Waals surface area contributed by atoms with Crippen molar-refractivity contribution in [3.63, 3.8) is 0 Å². The zero-order valence-corrected chi connectivity index (χ0v) is 6.74. The van der Waals surface area contributed by atoms with Crippen molar-refractivity contribution in [2.24, 2.45) is 0 Å². The summed E-state index contributed by atoms with van der Waals surface area (Å²) in [5.41, 5.74) is -0.0107. The van der Waals surface area contributed by atoms with E-state index < -0.39 is 12.6 Å². The lowest BCUT2D eigenvalue weighted by Gasteiger charge is -2.05. The normalized spacial score (nSPS) is 9.62. The Kier molecular flexibility index (Phi) is 3.19. The second-order valence-corrected chi connectivity index (χ2v) is 2.21. The van der Waals surface area contributed by atoms with Crippen molar-refractivity contribution < 1.29 is 19.0 Å². The van der Waals surface area contributed by atoms with Crippen LogP contribution in [0.5, 0.6) is 5.75 Å². The fourth-order valence-electron chi connectivity index (χ4n) is 0.820. The van der Waals surface area contributed by atoms with E-state index in [1.807, 2.05) is 0 Å². The number of nitrogens with zero attached hydrogens (tertiary/aromatic N) is 1. The molecule has 5 heteroatoms. The van der Waals surface area contributed by atoms with Gasteiger partial charge in [-0.15, -0.1) is 0 Å². The number of aromatic nitrogens is 1. The van der Waals surface area contributed by atoms with Gasteiger partial charge in [0.2, 0.25) is 0 Å². The molecular weight excluding hydrogens is 177 g/mol. The van der Waals surface area contributed by atoms with E-state index in [0.717, 1.165) is 0 Å². The van der Waals surface area contributed by atoms with Gasteiger partial charge in [-0.2, -0.15) is 0 Å². The molecule has 0 saturated heterocycles. The van der Waals surface area contributed by atoms with E-state index in [4.69, 9.17) is 9.84 Å². The summed E-state index contributed by atoms with van der Waals surface area (Å²) >= 11 is 0. The SMILES string of the molecule is O=C(O)c1ccncc1OCCF. The van der Waals surface area contributed by atoms with Crippen LogP contribution in [0.25, 0.3) is 0 Å². The fraction of sp³-hybridized carbons (Fsp3) is 0.250. The summed E-state index contributed by atoms with van der Waals surface area (Å²) in [6.45, 7) is -0.820. The number of aromatic carboxylic acids is 1. The minimum Gasteiger partial charge on any atom is -0.488 e. The number of alkyl halides is 1. The largest absolute Gasteiger partial charge is 0.488 e. The Morgan fingerprint density at radius 3 is 3.08 bits per heavy atom. The average Bonchev–Trinajstić information content (AvgIpc) is 2.15. The van der Waals surface area contributed by atoms with Gasteiger partial charge in [-0.25, -0.2) is 9.18 Å². The Labute approximate surface area is 74.0 Å². The predicted octanol–water partition coefficient (Wildman–Crippen LogP) is 1.13. The predicted molar refractivity (Wildman–Crippen MR) is 42.7 cm³/mol. The molecule has 0 amide bonds. The van der Waals surface area contributed by atoms with Gasteiger partial charge in [0.05, 0.1) is 6.20 Å². The minimum absolute atomic E-state index is 0.0107. The number of halogens is 1. The number of pyridine rings is 1. The van der Waals surface area contributed by atoms with Gasteiger partial charge in [-0.05, 0) is 6.07 Å². The van der Waals surface area contributed by atoms with Crippen molar-refractivity contribution in [1.82, 2.24) is 4.98 Å². The Balaban J connectivity index is 2.84. The Morgan fingerprint density at radius 2 is 2.46 bits per heavy atom. The summed E-state index contributed by atoms with van der Waals surface area (Å²) in [4.78, 5) is 14.3. The molecule has 0 spiro atoms. The van der Waals surface area contributed by atoms with Crippen LogP contribution in [-0.2, 0) is 0 Å². The third-order valence-corrected chi connectivity index (χ3v) is 1.35. The van der Waals surface area contributed by atoms with Crippen LogP contribution in [0.3, 0.4) is 0 Å². The van der Waals surface area contributed by atoms with Crippen LogP contribution in [0.1, 0.15) is 10.4 Å². The number of carboxylic acids is 1. The summed E-state index contributed by atoms with van der Waals surface area (Å²) in [6, 6.07) is 1.30. The smallest absolute Gasteiger partial charge is 0.339 e. The summed E-state index contributed by atoms with van der Waals surface area (Å²) < 4.78 is 16.5. The first-order valence-corrected chi connectivity index (χ1v) is 3.61. The molecule has 1 heterocycles. The molecule has 1 rings (SSSR count). The summed E-state index contributed by atoms with van der Waals surface area (Å²) in [5, 5.41) is 8.66. The second kappa shape index (κ2) is 4.39. The van der Waals surface area contributed by atoms with Gasteiger partial charge in [0, 0.05) is 6.20 Å². The molecule has 0 atom stereocenters. The molecule has 0 bridgehead atoms. The van der Waals surface area contributed by atoms with Gasteiger partial charge >= 0.3 is 5.97 Å². The number of carbonyl (C=O) groups is 1. The summed E-state index contributed by atoms with van der Waals surface area (Å²) in [5.74, 6) is -1.02. The third-order valence-electron chi connectivity index (χ3n) is 1.35. The van der Waals surface area contributed by atoms with E-state index in [0.29, 0.717) is 0 Å². The van der Waals surface area contributed by atoms with Crippen molar-refractivity contribution in [3.8, 4) is 5.75 Å². The number of rotatable bonds is 4. The lowest BCUT2D eigenvalue weighted by molar-refractivity contribution is 0.0691. The minimum atomic E-state index is -1.11. The fourth-order valence-corrected chi connectivity index (χ4v) is 0.820. The number of ether oxygens (including phenoxy) is 1. The molecule has 1 N–H and O–H groups in total. The third kappa shape index (κ3) is 2.40. The first-order chi connectivity index (χ1) is 6.25. The van der Waals surface area contributed by atoms with E-state index in [2.05, 4.69) is 4.98 Å². The lowest BCUT2D eigenvalue weighted by Crippen LogP contribution is -2.05. The first kappa shape index (κ1) is 9.44. The second-order valence-electron chi connectivity index (χ2n) is 2.21. The van der Waals surface area contributed by atoms with Gasteiger partial charge in [0.15, 0.2) is 5.75 Å². The maximum Gasteiger partial charge on any atom is 0.339 e. The van der Waals surface area contributed by atoms with Crippen LogP contribution < -0.4 is 4.74 Å². The van der Waals surface area contributed by atoms with Gasteiger partial charge in [0.1, 0.15) is 18.8 Å². The molecule has 0 aliphatic carbocycles. The van der Waals surface area contributed by atoms with Crippen LogP contribution in [0, 0.1) is 0 Å².